The third-order valence-electron chi connectivity index (χ3n) is 4.78. The van der Waals surface area contributed by atoms with Crippen LogP contribution in [0.4, 0.5) is 9.18 Å². The van der Waals surface area contributed by atoms with Gasteiger partial charge in [-0.1, -0.05) is 0 Å². The predicted molar refractivity (Wildman–Crippen MR) is 138 cm³/mol. The molecule has 2 aromatic heterocycles. The highest BCUT2D eigenvalue weighted by Crippen LogP contribution is 2.23. The van der Waals surface area contributed by atoms with Gasteiger partial charge in [-0.2, -0.15) is 4.80 Å². The van der Waals surface area contributed by atoms with Crippen molar-refractivity contribution >= 4 is 12.1 Å². The summed E-state index contributed by atoms with van der Waals surface area (Å²) < 4.78 is 30.9. The first-order valence-electron chi connectivity index (χ1n) is 12.5. The van der Waals surface area contributed by atoms with Crippen molar-refractivity contribution in [2.45, 2.75) is 78.2 Å². The fourth-order valence-corrected chi connectivity index (χ4v) is 3.32. The van der Waals surface area contributed by atoms with Crippen LogP contribution >= 0.6 is 0 Å². The molecule has 0 spiro atoms. The molecule has 0 aliphatic rings. The molecule has 3 rings (SSSR count). The highest BCUT2D eigenvalue weighted by molar-refractivity contribution is 5.73. The summed E-state index contributed by atoms with van der Waals surface area (Å²) in [5.41, 5.74) is -1.04. The third-order valence-corrected chi connectivity index (χ3v) is 4.78. The maximum absolute atomic E-state index is 14.7. The number of ether oxygens (including phenoxy) is 3. The molecule has 210 valence electrons. The van der Waals surface area contributed by atoms with Crippen molar-refractivity contribution in [2.75, 3.05) is 6.61 Å². The van der Waals surface area contributed by atoms with Crippen molar-refractivity contribution in [3.05, 3.63) is 48.3 Å². The molecule has 1 amide bonds. The summed E-state index contributed by atoms with van der Waals surface area (Å²) in [4.78, 5) is 34.2. The first-order chi connectivity index (χ1) is 18.3. The molecule has 13 heteroatoms. The Morgan fingerprint density at radius 2 is 1.74 bits per heavy atom. The summed E-state index contributed by atoms with van der Waals surface area (Å²) in [6.07, 6.45) is 2.84. The number of rotatable bonds is 10. The van der Waals surface area contributed by atoms with Crippen molar-refractivity contribution in [2.24, 2.45) is 0 Å². The van der Waals surface area contributed by atoms with Gasteiger partial charge in [0.05, 0.1) is 25.6 Å². The third kappa shape index (κ3) is 10.3. The van der Waals surface area contributed by atoms with E-state index < -0.39 is 35.1 Å². The minimum atomic E-state index is -0.752. The summed E-state index contributed by atoms with van der Waals surface area (Å²) in [5.74, 6) is -0.276. The molecule has 0 fully saturated rings. The number of esters is 1. The Morgan fingerprint density at radius 3 is 2.38 bits per heavy atom. The number of carbonyl (C=O) groups is 2. The summed E-state index contributed by atoms with van der Waals surface area (Å²) in [7, 11) is 0. The summed E-state index contributed by atoms with van der Waals surface area (Å²) in [6.45, 7) is 10.6. The van der Waals surface area contributed by atoms with E-state index >= 15 is 0 Å². The second-order valence-corrected chi connectivity index (χ2v) is 10.7. The molecule has 0 aliphatic heterocycles. The number of hydrogen-bond donors (Lipinski definition) is 1. The molecule has 0 unspecified atom stereocenters. The van der Waals surface area contributed by atoms with E-state index in [-0.39, 0.29) is 31.1 Å². The molecule has 1 N–H and O–H groups in total. The van der Waals surface area contributed by atoms with E-state index in [1.165, 1.54) is 16.9 Å². The highest BCUT2D eigenvalue weighted by atomic mass is 19.1. The lowest BCUT2D eigenvalue weighted by Crippen LogP contribution is -2.43. The number of carbonyl (C=O) groups excluding carboxylic acids is 2. The fraction of sp³-hybridized carbons (Fsp3) is 0.500. The van der Waals surface area contributed by atoms with Gasteiger partial charge in [0.2, 0.25) is 5.82 Å². The van der Waals surface area contributed by atoms with Gasteiger partial charge in [0, 0.05) is 24.4 Å². The first-order valence-corrected chi connectivity index (χ1v) is 12.5. The number of amides is 1. The fourth-order valence-electron chi connectivity index (χ4n) is 3.32. The molecule has 39 heavy (non-hydrogen) atoms. The monoisotopic (exact) mass is 543 g/mol. The predicted octanol–water partition coefficient (Wildman–Crippen LogP) is 3.52. The van der Waals surface area contributed by atoms with Gasteiger partial charge in [0.15, 0.2) is 11.6 Å². The average molecular weight is 544 g/mol. The van der Waals surface area contributed by atoms with Gasteiger partial charge in [0.1, 0.15) is 17.0 Å². The van der Waals surface area contributed by atoms with Gasteiger partial charge in [-0.3, -0.25) is 4.79 Å². The van der Waals surface area contributed by atoms with Crippen LogP contribution in [-0.4, -0.2) is 66.1 Å². The number of hydrogen-bond acceptors (Lipinski definition) is 10. The van der Waals surface area contributed by atoms with E-state index in [9.17, 15) is 14.0 Å². The van der Waals surface area contributed by atoms with Crippen molar-refractivity contribution < 1.29 is 28.2 Å². The Labute approximate surface area is 226 Å². The van der Waals surface area contributed by atoms with Gasteiger partial charge >= 0.3 is 12.1 Å². The van der Waals surface area contributed by atoms with Crippen molar-refractivity contribution in [3.8, 4) is 17.1 Å². The maximum atomic E-state index is 14.7. The molecule has 2 heterocycles. The zero-order valence-corrected chi connectivity index (χ0v) is 23.0. The van der Waals surface area contributed by atoms with Crippen LogP contribution in [0, 0.1) is 5.82 Å². The van der Waals surface area contributed by atoms with Crippen LogP contribution < -0.4 is 10.1 Å². The molecular weight excluding hydrogens is 509 g/mol. The van der Waals surface area contributed by atoms with Crippen LogP contribution in [-0.2, 0) is 27.2 Å². The van der Waals surface area contributed by atoms with Crippen molar-refractivity contribution in [3.63, 3.8) is 0 Å². The Kier molecular flexibility index (Phi) is 9.49. The molecule has 0 bridgehead atoms. The highest BCUT2D eigenvalue weighted by Gasteiger charge is 2.25. The average Bonchev–Trinajstić information content (AvgIpc) is 3.26. The zero-order chi connectivity index (χ0) is 28.6. The lowest BCUT2D eigenvalue weighted by atomic mass is 10.1. The smallest absolute Gasteiger partial charge is 0.407 e. The number of alkyl carbamates (subject to hydrolysis) is 1. The van der Waals surface area contributed by atoms with E-state index in [4.69, 9.17) is 14.2 Å². The quantitative estimate of drug-likeness (QED) is 0.377. The lowest BCUT2D eigenvalue weighted by Gasteiger charge is -2.24. The van der Waals surface area contributed by atoms with Gasteiger partial charge in [-0.25, -0.2) is 19.2 Å². The SMILES string of the molecule is CC(C)(C)OC(=O)C[C@@H](Cn1nnc(-c2ccc(OCCc3ncccn3)c(F)c2)n1)NC(=O)OC(C)(C)C. The molecule has 0 saturated heterocycles. The standard InChI is InChI=1S/C26H34FN7O5/c1-25(2,3)38-22(35)15-18(30-24(36)39-26(4,5)6)16-34-32-23(31-33-34)17-8-9-20(19(27)14-17)37-13-10-21-28-11-7-12-29-21/h7-9,11-12,14,18H,10,13,15-16H2,1-6H3,(H,30,36)/t18-/m0/s1. The minimum absolute atomic E-state index is 0.00325. The number of tetrazole rings is 1. The van der Waals surface area contributed by atoms with Crippen LogP contribution in [0.3, 0.4) is 0 Å². The van der Waals surface area contributed by atoms with Gasteiger partial charge in [-0.05, 0) is 71.0 Å². The van der Waals surface area contributed by atoms with E-state index in [0.717, 1.165) is 0 Å². The largest absolute Gasteiger partial charge is 0.490 e. The number of halogens is 1. The van der Waals surface area contributed by atoms with Crippen molar-refractivity contribution in [1.82, 2.24) is 35.5 Å². The molecule has 12 nitrogen and oxygen atoms in total. The second-order valence-electron chi connectivity index (χ2n) is 10.7. The van der Waals surface area contributed by atoms with Gasteiger partial charge < -0.3 is 19.5 Å². The zero-order valence-electron chi connectivity index (χ0n) is 23.0. The lowest BCUT2D eigenvalue weighted by molar-refractivity contribution is -0.155. The molecule has 1 aromatic carbocycles. The van der Waals surface area contributed by atoms with Crippen LogP contribution in [0.5, 0.6) is 5.75 Å². The van der Waals surface area contributed by atoms with Gasteiger partial charge in [-0.15, -0.1) is 10.2 Å². The number of nitrogens with one attached hydrogen (secondary N) is 1. The summed E-state index contributed by atoms with van der Waals surface area (Å²) in [5, 5.41) is 14.9. The normalized spacial score (nSPS) is 12.5. The number of aromatic nitrogens is 6. The molecular formula is C26H34FN7O5. The Hall–Kier alpha value is -4.16. The van der Waals surface area contributed by atoms with Crippen LogP contribution in [0.2, 0.25) is 0 Å². The Bertz CT molecular complexity index is 1230. The molecule has 0 radical (unpaired) electrons. The van der Waals surface area contributed by atoms with Crippen molar-refractivity contribution in [1.29, 1.82) is 0 Å². The Morgan fingerprint density at radius 1 is 1.05 bits per heavy atom. The van der Waals surface area contributed by atoms with Gasteiger partial charge in [0.25, 0.3) is 0 Å². The van der Waals surface area contributed by atoms with Crippen LogP contribution in [0.1, 0.15) is 53.8 Å². The van der Waals surface area contributed by atoms with E-state index in [0.29, 0.717) is 17.8 Å². The van der Waals surface area contributed by atoms with E-state index in [2.05, 4.69) is 30.7 Å². The summed E-state index contributed by atoms with van der Waals surface area (Å²) >= 11 is 0. The first kappa shape index (κ1) is 29.4. The number of nitrogens with zero attached hydrogens (tertiary/aromatic N) is 6. The molecule has 0 saturated carbocycles. The topological polar surface area (TPSA) is 143 Å². The number of benzene rings is 1. The van der Waals surface area contributed by atoms with E-state index in [1.54, 1.807) is 66.1 Å². The van der Waals surface area contributed by atoms with E-state index in [1.807, 2.05) is 0 Å². The Balaban J connectivity index is 1.66. The second kappa shape index (κ2) is 12.6. The minimum Gasteiger partial charge on any atom is -0.490 e. The molecule has 0 aliphatic carbocycles. The van der Waals surface area contributed by atoms with Crippen LogP contribution in [0.25, 0.3) is 11.4 Å². The summed E-state index contributed by atoms with van der Waals surface area (Å²) in [6, 6.07) is 5.29. The molecule has 3 aromatic rings. The maximum Gasteiger partial charge on any atom is 0.407 e. The molecule has 1 atom stereocenters. The van der Waals surface area contributed by atoms with Crippen LogP contribution in [0.15, 0.2) is 36.7 Å².